The fourth-order valence-corrected chi connectivity index (χ4v) is 1.79. The summed E-state index contributed by atoms with van der Waals surface area (Å²) in [6.07, 6.45) is 0. The second-order valence-electron chi connectivity index (χ2n) is 6.36. The standard InChI is InChI=1S/C14H22O2.Cu/c1-13(2,3)9-7-8-10(14(4,5)6)12(16)11(9)15;/h7-8,15-16H,1-6H3;. The average Bonchev–Trinajstić information content (AvgIpc) is 2.05. The van der Waals surface area contributed by atoms with Crippen molar-refractivity contribution in [3.8, 4) is 11.5 Å². The molecular weight excluding hydrogens is 264 g/mol. The minimum Gasteiger partial charge on any atom is -0.504 e. The van der Waals surface area contributed by atoms with Crippen LogP contribution in [-0.4, -0.2) is 10.2 Å². The molecule has 0 bridgehead atoms. The summed E-state index contributed by atoms with van der Waals surface area (Å²) < 4.78 is 0. The Morgan fingerprint density at radius 1 is 0.706 bits per heavy atom. The van der Waals surface area contributed by atoms with Crippen molar-refractivity contribution in [1.82, 2.24) is 0 Å². The fraction of sp³-hybridized carbons (Fsp3) is 0.571. The number of rotatable bonds is 0. The molecule has 3 heteroatoms. The monoisotopic (exact) mass is 285 g/mol. The van der Waals surface area contributed by atoms with Gasteiger partial charge in [0.15, 0.2) is 11.5 Å². The summed E-state index contributed by atoms with van der Waals surface area (Å²) in [5.74, 6) is 0.0276. The molecule has 1 aromatic rings. The first-order valence-electron chi connectivity index (χ1n) is 5.61. The molecule has 0 spiro atoms. The zero-order valence-electron chi connectivity index (χ0n) is 11.4. The first-order chi connectivity index (χ1) is 7.05. The minimum absolute atomic E-state index is 0. The summed E-state index contributed by atoms with van der Waals surface area (Å²) in [4.78, 5) is 0. The van der Waals surface area contributed by atoms with Crippen molar-refractivity contribution in [1.29, 1.82) is 0 Å². The molecule has 0 amide bonds. The minimum atomic E-state index is -0.169. The summed E-state index contributed by atoms with van der Waals surface area (Å²) in [5.41, 5.74) is 1.21. The van der Waals surface area contributed by atoms with E-state index in [9.17, 15) is 10.2 Å². The van der Waals surface area contributed by atoms with Gasteiger partial charge in [-0.25, -0.2) is 0 Å². The van der Waals surface area contributed by atoms with Gasteiger partial charge in [-0.05, 0) is 10.8 Å². The van der Waals surface area contributed by atoms with Crippen LogP contribution in [0.25, 0.3) is 0 Å². The Morgan fingerprint density at radius 2 is 0.941 bits per heavy atom. The first kappa shape index (κ1) is 16.3. The summed E-state index contributed by atoms with van der Waals surface area (Å²) in [5, 5.41) is 20.1. The SMILES string of the molecule is CC(C)(C)c1ccc(C(C)(C)C)c(O)c1O.[Cu]. The van der Waals surface area contributed by atoms with Crippen molar-refractivity contribution in [2.45, 2.75) is 52.4 Å². The Labute approximate surface area is 115 Å². The molecule has 0 aliphatic carbocycles. The van der Waals surface area contributed by atoms with Crippen LogP contribution in [0.3, 0.4) is 0 Å². The predicted octanol–water partition coefficient (Wildman–Crippen LogP) is 3.69. The number of hydrogen-bond acceptors (Lipinski definition) is 2. The molecule has 0 saturated heterocycles. The van der Waals surface area contributed by atoms with E-state index in [2.05, 4.69) is 0 Å². The van der Waals surface area contributed by atoms with Gasteiger partial charge >= 0.3 is 0 Å². The number of phenols is 2. The van der Waals surface area contributed by atoms with Gasteiger partial charge in [-0.1, -0.05) is 53.7 Å². The van der Waals surface area contributed by atoms with Gasteiger partial charge in [0.25, 0.3) is 0 Å². The summed E-state index contributed by atoms with van der Waals surface area (Å²) in [6.45, 7) is 12.1. The largest absolute Gasteiger partial charge is 0.504 e. The van der Waals surface area contributed by atoms with Gasteiger partial charge < -0.3 is 10.2 Å². The van der Waals surface area contributed by atoms with Gasteiger partial charge in [0, 0.05) is 28.2 Å². The topological polar surface area (TPSA) is 40.5 Å². The molecule has 0 fully saturated rings. The zero-order valence-corrected chi connectivity index (χ0v) is 12.3. The molecule has 101 valence electrons. The second-order valence-corrected chi connectivity index (χ2v) is 6.36. The molecule has 1 radical (unpaired) electrons. The van der Waals surface area contributed by atoms with E-state index in [1.54, 1.807) is 0 Å². The number of benzene rings is 1. The Morgan fingerprint density at radius 3 is 1.12 bits per heavy atom. The summed E-state index contributed by atoms with van der Waals surface area (Å²) in [6, 6.07) is 3.80. The van der Waals surface area contributed by atoms with E-state index >= 15 is 0 Å². The third-order valence-electron chi connectivity index (χ3n) is 2.77. The van der Waals surface area contributed by atoms with Gasteiger partial charge in [0.2, 0.25) is 0 Å². The molecule has 0 aliphatic rings. The van der Waals surface area contributed by atoms with Crippen molar-refractivity contribution >= 4 is 0 Å². The fourth-order valence-electron chi connectivity index (χ4n) is 1.79. The second kappa shape index (κ2) is 4.91. The van der Waals surface area contributed by atoms with Crippen LogP contribution in [0.2, 0.25) is 0 Å². The van der Waals surface area contributed by atoms with E-state index < -0.39 is 0 Å². The maximum absolute atomic E-state index is 10.0. The molecule has 0 heterocycles. The van der Waals surface area contributed by atoms with Crippen LogP contribution in [0.5, 0.6) is 11.5 Å². The maximum Gasteiger partial charge on any atom is 0.161 e. The molecular formula is C14H22CuO2. The van der Waals surface area contributed by atoms with E-state index in [1.165, 1.54) is 0 Å². The van der Waals surface area contributed by atoms with Gasteiger partial charge in [-0.15, -0.1) is 0 Å². The molecule has 0 saturated carbocycles. The molecule has 2 N–H and O–H groups in total. The average molecular weight is 286 g/mol. The molecule has 0 atom stereocenters. The Balaban J connectivity index is 0.00000256. The van der Waals surface area contributed by atoms with Crippen molar-refractivity contribution in [3.05, 3.63) is 23.3 Å². The molecule has 2 nitrogen and oxygen atoms in total. The maximum atomic E-state index is 10.0. The Bertz CT molecular complexity index is 359. The number of phenolic OH excluding ortho intramolecular Hbond substituents is 2. The molecule has 1 aromatic carbocycles. The number of hydrogen-bond donors (Lipinski definition) is 2. The van der Waals surface area contributed by atoms with Crippen LogP contribution >= 0.6 is 0 Å². The molecule has 17 heavy (non-hydrogen) atoms. The van der Waals surface area contributed by atoms with Crippen LogP contribution in [-0.2, 0) is 27.9 Å². The third kappa shape index (κ3) is 3.40. The third-order valence-corrected chi connectivity index (χ3v) is 2.77. The Hall–Kier alpha value is -0.661. The summed E-state index contributed by atoms with van der Waals surface area (Å²) in [7, 11) is 0. The van der Waals surface area contributed by atoms with E-state index in [0.29, 0.717) is 0 Å². The van der Waals surface area contributed by atoms with Gasteiger partial charge in [0.1, 0.15) is 0 Å². The normalized spacial score (nSPS) is 12.1. The smallest absolute Gasteiger partial charge is 0.161 e. The molecule has 1 rings (SSSR count). The predicted molar refractivity (Wildman–Crippen MR) is 67.2 cm³/mol. The Kier molecular flexibility index (Phi) is 4.72. The van der Waals surface area contributed by atoms with E-state index in [-0.39, 0.29) is 39.4 Å². The molecule has 0 unspecified atom stereocenters. The quantitative estimate of drug-likeness (QED) is 0.564. The van der Waals surface area contributed by atoms with Crippen molar-refractivity contribution < 1.29 is 27.3 Å². The van der Waals surface area contributed by atoms with Crippen molar-refractivity contribution in [3.63, 3.8) is 0 Å². The van der Waals surface area contributed by atoms with Crippen LogP contribution in [0.15, 0.2) is 12.1 Å². The van der Waals surface area contributed by atoms with Crippen LogP contribution in [0.1, 0.15) is 52.7 Å². The van der Waals surface area contributed by atoms with Crippen LogP contribution < -0.4 is 0 Å². The summed E-state index contributed by atoms with van der Waals surface area (Å²) >= 11 is 0. The van der Waals surface area contributed by atoms with Crippen molar-refractivity contribution in [2.75, 3.05) is 0 Å². The van der Waals surface area contributed by atoms with E-state index in [0.717, 1.165) is 11.1 Å². The van der Waals surface area contributed by atoms with Crippen LogP contribution in [0, 0.1) is 0 Å². The van der Waals surface area contributed by atoms with Crippen LogP contribution in [0.4, 0.5) is 0 Å². The van der Waals surface area contributed by atoms with Gasteiger partial charge in [0.05, 0.1) is 0 Å². The molecule has 0 aliphatic heterocycles. The molecule has 0 aromatic heterocycles. The van der Waals surface area contributed by atoms with Gasteiger partial charge in [-0.2, -0.15) is 0 Å². The first-order valence-corrected chi connectivity index (χ1v) is 5.61. The van der Waals surface area contributed by atoms with E-state index in [1.807, 2.05) is 53.7 Å². The van der Waals surface area contributed by atoms with Crippen molar-refractivity contribution in [2.24, 2.45) is 0 Å². The van der Waals surface area contributed by atoms with E-state index in [4.69, 9.17) is 0 Å². The number of aromatic hydroxyl groups is 2. The van der Waals surface area contributed by atoms with Gasteiger partial charge in [-0.3, -0.25) is 0 Å². The zero-order chi connectivity index (χ0) is 12.7.